The highest BCUT2D eigenvalue weighted by atomic mass is 35.5. The second kappa shape index (κ2) is 8.35. The first-order valence-corrected chi connectivity index (χ1v) is 6.13. The van der Waals surface area contributed by atoms with Crippen LogP contribution in [0.15, 0.2) is 24.5 Å². The predicted octanol–water partition coefficient (Wildman–Crippen LogP) is 2.04. The molecule has 1 aliphatic rings. The van der Waals surface area contributed by atoms with Crippen molar-refractivity contribution in [1.82, 2.24) is 15.6 Å². The van der Waals surface area contributed by atoms with Gasteiger partial charge in [0.1, 0.15) is 0 Å². The second-order valence-corrected chi connectivity index (χ2v) is 4.74. The first-order chi connectivity index (χ1) is 8.18. The van der Waals surface area contributed by atoms with Crippen molar-refractivity contribution in [3.05, 3.63) is 30.1 Å². The molecule has 0 saturated carbocycles. The van der Waals surface area contributed by atoms with Crippen LogP contribution < -0.4 is 10.6 Å². The molecule has 1 aromatic rings. The minimum absolute atomic E-state index is 0. The van der Waals surface area contributed by atoms with Gasteiger partial charge in [0.2, 0.25) is 0 Å². The number of hydrogen-bond acceptors (Lipinski definition) is 3. The SMILES string of the molecule is CC1CCNC(C)C1NC(=O)c1ccncc1.Cl.Cl. The summed E-state index contributed by atoms with van der Waals surface area (Å²) in [5.74, 6) is 0.497. The molecule has 1 amide bonds. The molecular weight excluding hydrogens is 285 g/mol. The highest BCUT2D eigenvalue weighted by Gasteiger charge is 2.28. The number of amides is 1. The normalized spacial score (nSPS) is 25.7. The molecule has 2 N–H and O–H groups in total. The molecule has 0 bridgehead atoms. The zero-order valence-corrected chi connectivity index (χ0v) is 12.8. The van der Waals surface area contributed by atoms with E-state index in [-0.39, 0.29) is 36.8 Å². The average molecular weight is 306 g/mol. The third-order valence-corrected chi connectivity index (χ3v) is 3.46. The molecule has 3 atom stereocenters. The smallest absolute Gasteiger partial charge is 0.251 e. The number of pyridine rings is 1. The zero-order valence-electron chi connectivity index (χ0n) is 11.1. The summed E-state index contributed by atoms with van der Waals surface area (Å²) >= 11 is 0. The van der Waals surface area contributed by atoms with Gasteiger partial charge < -0.3 is 10.6 Å². The van der Waals surface area contributed by atoms with E-state index in [1.165, 1.54) is 0 Å². The molecule has 1 aromatic heterocycles. The maximum Gasteiger partial charge on any atom is 0.251 e. The number of aromatic nitrogens is 1. The first-order valence-electron chi connectivity index (χ1n) is 6.13. The van der Waals surface area contributed by atoms with Crippen molar-refractivity contribution in [2.75, 3.05) is 6.54 Å². The van der Waals surface area contributed by atoms with Gasteiger partial charge in [0.15, 0.2) is 0 Å². The van der Waals surface area contributed by atoms with Crippen LogP contribution in [-0.4, -0.2) is 29.5 Å². The van der Waals surface area contributed by atoms with E-state index in [1.54, 1.807) is 24.5 Å². The minimum Gasteiger partial charge on any atom is -0.347 e. The van der Waals surface area contributed by atoms with Gasteiger partial charge in [-0.05, 0) is 37.9 Å². The predicted molar refractivity (Wildman–Crippen MR) is 81.2 cm³/mol. The lowest BCUT2D eigenvalue weighted by molar-refractivity contribution is 0.0897. The van der Waals surface area contributed by atoms with Gasteiger partial charge in [-0.15, -0.1) is 24.8 Å². The molecule has 3 unspecified atom stereocenters. The highest BCUT2D eigenvalue weighted by molar-refractivity contribution is 5.94. The largest absolute Gasteiger partial charge is 0.347 e. The molecule has 0 aromatic carbocycles. The van der Waals surface area contributed by atoms with Gasteiger partial charge in [0.25, 0.3) is 5.91 Å². The summed E-state index contributed by atoms with van der Waals surface area (Å²) in [4.78, 5) is 15.9. The van der Waals surface area contributed by atoms with Gasteiger partial charge in [-0.2, -0.15) is 0 Å². The van der Waals surface area contributed by atoms with Crippen LogP contribution >= 0.6 is 24.8 Å². The number of nitrogens with zero attached hydrogens (tertiary/aromatic N) is 1. The van der Waals surface area contributed by atoms with Crippen LogP contribution in [-0.2, 0) is 0 Å². The van der Waals surface area contributed by atoms with Crippen LogP contribution in [0.2, 0.25) is 0 Å². The maximum absolute atomic E-state index is 12.0. The van der Waals surface area contributed by atoms with Gasteiger partial charge in [-0.3, -0.25) is 9.78 Å². The van der Waals surface area contributed by atoms with Crippen LogP contribution in [0.25, 0.3) is 0 Å². The van der Waals surface area contributed by atoms with Gasteiger partial charge >= 0.3 is 0 Å². The van der Waals surface area contributed by atoms with Crippen LogP contribution in [0.1, 0.15) is 30.6 Å². The van der Waals surface area contributed by atoms with E-state index in [1.807, 2.05) is 0 Å². The van der Waals surface area contributed by atoms with Gasteiger partial charge in [-0.1, -0.05) is 6.92 Å². The Hall–Kier alpha value is -0.840. The van der Waals surface area contributed by atoms with Gasteiger partial charge in [0.05, 0.1) is 0 Å². The first kappa shape index (κ1) is 18.2. The average Bonchev–Trinajstić information content (AvgIpc) is 2.35. The summed E-state index contributed by atoms with van der Waals surface area (Å²) < 4.78 is 0. The van der Waals surface area contributed by atoms with E-state index >= 15 is 0 Å². The third-order valence-electron chi connectivity index (χ3n) is 3.46. The Morgan fingerprint density at radius 3 is 2.53 bits per heavy atom. The third kappa shape index (κ3) is 4.64. The van der Waals surface area contributed by atoms with E-state index < -0.39 is 0 Å². The Balaban J connectivity index is 0.00000162. The summed E-state index contributed by atoms with van der Waals surface area (Å²) in [6, 6.07) is 4.00. The topological polar surface area (TPSA) is 54.0 Å². The standard InChI is InChI=1S/C13H19N3O.2ClH/c1-9-3-8-15-10(2)12(9)16-13(17)11-4-6-14-7-5-11;;/h4-7,9-10,12,15H,3,8H2,1-2H3,(H,16,17);2*1H. The molecule has 0 aliphatic carbocycles. The fraction of sp³-hybridized carbons (Fsp3) is 0.538. The van der Waals surface area contributed by atoms with E-state index in [4.69, 9.17) is 0 Å². The molecule has 0 spiro atoms. The maximum atomic E-state index is 12.0. The van der Waals surface area contributed by atoms with E-state index in [0.717, 1.165) is 13.0 Å². The second-order valence-electron chi connectivity index (χ2n) is 4.74. The van der Waals surface area contributed by atoms with Crippen molar-refractivity contribution in [3.8, 4) is 0 Å². The lowest BCUT2D eigenvalue weighted by Crippen LogP contribution is -2.55. The summed E-state index contributed by atoms with van der Waals surface area (Å²) in [5, 5.41) is 6.50. The van der Waals surface area contributed by atoms with Crippen LogP contribution in [0.5, 0.6) is 0 Å². The summed E-state index contributed by atoms with van der Waals surface area (Å²) in [5.41, 5.74) is 0.671. The summed E-state index contributed by atoms with van der Waals surface area (Å²) in [7, 11) is 0. The Morgan fingerprint density at radius 2 is 1.95 bits per heavy atom. The number of rotatable bonds is 2. The van der Waals surface area contributed by atoms with Crippen LogP contribution in [0, 0.1) is 5.92 Å². The number of carbonyl (C=O) groups is 1. The number of nitrogens with one attached hydrogen (secondary N) is 2. The van der Waals surface area contributed by atoms with Crippen molar-refractivity contribution in [3.63, 3.8) is 0 Å². The molecule has 6 heteroatoms. The van der Waals surface area contributed by atoms with E-state index in [2.05, 4.69) is 29.5 Å². The minimum atomic E-state index is -0.0141. The molecule has 108 valence electrons. The van der Waals surface area contributed by atoms with Crippen LogP contribution in [0.4, 0.5) is 0 Å². The van der Waals surface area contributed by atoms with Crippen molar-refractivity contribution in [2.45, 2.75) is 32.4 Å². The number of hydrogen-bond donors (Lipinski definition) is 2. The van der Waals surface area contributed by atoms with Gasteiger partial charge in [-0.25, -0.2) is 0 Å². The molecule has 2 heterocycles. The van der Waals surface area contributed by atoms with E-state index in [0.29, 0.717) is 17.5 Å². The number of piperidine rings is 1. The molecule has 1 fully saturated rings. The Labute approximate surface area is 126 Å². The molecular formula is C13H21Cl2N3O. The highest BCUT2D eigenvalue weighted by Crippen LogP contribution is 2.16. The Morgan fingerprint density at radius 1 is 1.32 bits per heavy atom. The monoisotopic (exact) mass is 305 g/mol. The van der Waals surface area contributed by atoms with E-state index in [9.17, 15) is 4.79 Å². The summed E-state index contributed by atoms with van der Waals surface area (Å²) in [6.45, 7) is 5.34. The number of carbonyl (C=O) groups excluding carboxylic acids is 1. The van der Waals surface area contributed by atoms with Crippen molar-refractivity contribution in [1.29, 1.82) is 0 Å². The number of halogens is 2. The lowest BCUT2D eigenvalue weighted by atomic mass is 9.89. The molecule has 2 rings (SSSR count). The fourth-order valence-corrected chi connectivity index (χ4v) is 2.34. The molecule has 1 aliphatic heterocycles. The van der Waals surface area contributed by atoms with Crippen molar-refractivity contribution < 1.29 is 4.79 Å². The van der Waals surface area contributed by atoms with Gasteiger partial charge in [0, 0.05) is 30.0 Å². The van der Waals surface area contributed by atoms with Crippen molar-refractivity contribution in [2.24, 2.45) is 5.92 Å². The lowest BCUT2D eigenvalue weighted by Gasteiger charge is -2.36. The molecule has 0 radical (unpaired) electrons. The van der Waals surface area contributed by atoms with Crippen molar-refractivity contribution >= 4 is 30.7 Å². The Bertz CT molecular complexity index is 379. The molecule has 1 saturated heterocycles. The zero-order chi connectivity index (χ0) is 12.3. The van der Waals surface area contributed by atoms with Crippen LogP contribution in [0.3, 0.4) is 0 Å². The molecule has 19 heavy (non-hydrogen) atoms. The Kier molecular flexibility index (Phi) is 7.99. The molecule has 4 nitrogen and oxygen atoms in total. The quantitative estimate of drug-likeness (QED) is 0.879. The summed E-state index contributed by atoms with van der Waals surface area (Å²) in [6.07, 6.45) is 4.38. The fourth-order valence-electron chi connectivity index (χ4n) is 2.34.